The number of carbonyl (C=O) groups is 1. The SMILES string of the molecule is C=Nc1cccc(O)c1N(CC)CCCN[C@@](C)(C(=O)Nc1cccc(Cl)c1)C(CCC1CC1)c1cccc(Cl)c1F. The molecule has 6 nitrogen and oxygen atoms in total. The average Bonchev–Trinajstić information content (AvgIpc) is 3.80. The largest absolute Gasteiger partial charge is 0.506 e. The summed E-state index contributed by atoms with van der Waals surface area (Å²) in [5, 5.41) is 17.6. The van der Waals surface area contributed by atoms with E-state index < -0.39 is 17.3 Å². The molecular formula is C33H39Cl2FN4O2. The monoisotopic (exact) mass is 612 g/mol. The molecule has 9 heteroatoms. The van der Waals surface area contributed by atoms with E-state index in [2.05, 4.69) is 22.3 Å². The first-order valence-corrected chi connectivity index (χ1v) is 15.2. The molecular weight excluding hydrogens is 574 g/mol. The van der Waals surface area contributed by atoms with Gasteiger partial charge in [0.1, 0.15) is 22.8 Å². The molecule has 4 rings (SSSR count). The van der Waals surface area contributed by atoms with Gasteiger partial charge in [-0.2, -0.15) is 0 Å². The fourth-order valence-electron chi connectivity index (χ4n) is 5.56. The zero-order chi connectivity index (χ0) is 30.3. The molecule has 1 aliphatic rings. The highest BCUT2D eigenvalue weighted by atomic mass is 35.5. The van der Waals surface area contributed by atoms with Crippen LogP contribution in [0.2, 0.25) is 10.0 Å². The van der Waals surface area contributed by atoms with Crippen LogP contribution in [0.1, 0.15) is 57.4 Å². The average molecular weight is 614 g/mol. The zero-order valence-electron chi connectivity index (χ0n) is 24.2. The highest BCUT2D eigenvalue weighted by Gasteiger charge is 2.43. The summed E-state index contributed by atoms with van der Waals surface area (Å²) in [6, 6.07) is 17.1. The number of aromatic hydroxyl groups is 1. The van der Waals surface area contributed by atoms with Gasteiger partial charge in [-0.3, -0.25) is 9.79 Å². The van der Waals surface area contributed by atoms with Crippen molar-refractivity contribution in [1.82, 2.24) is 5.32 Å². The summed E-state index contributed by atoms with van der Waals surface area (Å²) >= 11 is 12.4. The fourth-order valence-corrected chi connectivity index (χ4v) is 5.93. The number of rotatable bonds is 15. The lowest BCUT2D eigenvalue weighted by molar-refractivity contribution is -0.122. The van der Waals surface area contributed by atoms with E-state index in [1.807, 2.05) is 24.8 Å². The van der Waals surface area contributed by atoms with E-state index in [0.717, 1.165) is 19.3 Å². The van der Waals surface area contributed by atoms with E-state index in [9.17, 15) is 9.90 Å². The number of halogens is 3. The Hall–Kier alpha value is -3.13. The molecule has 0 radical (unpaired) electrons. The molecule has 42 heavy (non-hydrogen) atoms. The van der Waals surface area contributed by atoms with Crippen molar-refractivity contribution in [2.75, 3.05) is 29.9 Å². The fraction of sp³-hybridized carbons (Fsp3) is 0.394. The minimum Gasteiger partial charge on any atom is -0.506 e. The Balaban J connectivity index is 1.61. The van der Waals surface area contributed by atoms with Crippen molar-refractivity contribution in [3.63, 3.8) is 0 Å². The van der Waals surface area contributed by atoms with Gasteiger partial charge in [0.15, 0.2) is 0 Å². The maximum Gasteiger partial charge on any atom is 0.245 e. The minimum atomic E-state index is -1.18. The summed E-state index contributed by atoms with van der Waals surface area (Å²) in [5.74, 6) is -0.523. The third-order valence-electron chi connectivity index (χ3n) is 8.13. The van der Waals surface area contributed by atoms with E-state index in [1.165, 1.54) is 6.07 Å². The number of phenols is 1. The summed E-state index contributed by atoms with van der Waals surface area (Å²) < 4.78 is 15.5. The molecule has 0 bridgehead atoms. The maximum absolute atomic E-state index is 15.5. The van der Waals surface area contributed by atoms with Crippen molar-refractivity contribution in [3.05, 3.63) is 82.1 Å². The van der Waals surface area contributed by atoms with E-state index in [0.29, 0.717) is 66.0 Å². The van der Waals surface area contributed by atoms with Crippen molar-refractivity contribution >= 4 is 52.9 Å². The van der Waals surface area contributed by atoms with E-state index in [1.54, 1.807) is 48.5 Å². The van der Waals surface area contributed by atoms with E-state index in [4.69, 9.17) is 23.2 Å². The van der Waals surface area contributed by atoms with Crippen molar-refractivity contribution in [3.8, 4) is 5.75 Å². The Kier molecular flexibility index (Phi) is 10.9. The van der Waals surface area contributed by atoms with Gasteiger partial charge in [-0.25, -0.2) is 4.39 Å². The van der Waals surface area contributed by atoms with Crippen molar-refractivity contribution < 1.29 is 14.3 Å². The third kappa shape index (κ3) is 7.63. The number of benzene rings is 3. The number of nitrogens with zero attached hydrogens (tertiary/aromatic N) is 2. The second kappa shape index (κ2) is 14.4. The molecule has 2 atom stereocenters. The first-order valence-electron chi connectivity index (χ1n) is 14.5. The van der Waals surface area contributed by atoms with Crippen LogP contribution in [0.4, 0.5) is 21.5 Å². The highest BCUT2D eigenvalue weighted by Crippen LogP contribution is 2.42. The minimum absolute atomic E-state index is 0.0365. The number of aliphatic imine (C=N–C) groups is 1. The standard InChI is InChI=1S/C33H39Cl2FN4O2/c1-4-40(31-28(37-3)13-7-14-29(31)41)20-8-19-38-33(2,32(42)39-24-10-5-9-23(34)21-24)26(18-17-22-15-16-22)25-11-6-12-27(35)30(25)36/h5-7,9-14,21-22,26,38,41H,3-4,8,15-20H2,1-2H3,(H,39,42)/t26?,33-/m1/s1. The summed E-state index contributed by atoms with van der Waals surface area (Å²) in [6.07, 6.45) is 4.48. The molecule has 1 amide bonds. The van der Waals surface area contributed by atoms with Crippen molar-refractivity contribution in [2.24, 2.45) is 10.9 Å². The van der Waals surface area contributed by atoms with Gasteiger partial charge in [0.25, 0.3) is 0 Å². The number of nitrogens with one attached hydrogen (secondary N) is 2. The Morgan fingerprint density at radius 3 is 2.62 bits per heavy atom. The van der Waals surface area contributed by atoms with Gasteiger partial charge in [0.2, 0.25) is 5.91 Å². The lowest BCUT2D eigenvalue weighted by atomic mass is 9.76. The van der Waals surface area contributed by atoms with Gasteiger partial charge < -0.3 is 20.6 Å². The van der Waals surface area contributed by atoms with Gasteiger partial charge in [-0.1, -0.05) is 60.3 Å². The van der Waals surface area contributed by atoms with E-state index >= 15 is 4.39 Å². The topological polar surface area (TPSA) is 77.0 Å². The number of anilines is 2. The Morgan fingerprint density at radius 1 is 1.19 bits per heavy atom. The zero-order valence-corrected chi connectivity index (χ0v) is 25.7. The smallest absolute Gasteiger partial charge is 0.245 e. The highest BCUT2D eigenvalue weighted by molar-refractivity contribution is 6.31. The molecule has 0 heterocycles. The molecule has 0 aromatic heterocycles. The lowest BCUT2D eigenvalue weighted by Crippen LogP contribution is -2.57. The molecule has 1 fully saturated rings. The molecule has 1 saturated carbocycles. The van der Waals surface area contributed by atoms with Gasteiger partial charge in [0.05, 0.1) is 10.7 Å². The molecule has 3 aromatic rings. The van der Waals surface area contributed by atoms with Gasteiger partial charge in [-0.05, 0) is 94.3 Å². The van der Waals surface area contributed by atoms with Crippen LogP contribution in [0, 0.1) is 11.7 Å². The summed E-state index contributed by atoms with van der Waals surface area (Å²) in [7, 11) is 0. The number of hydrogen-bond donors (Lipinski definition) is 3. The predicted octanol–water partition coefficient (Wildman–Crippen LogP) is 8.35. The molecule has 1 aliphatic carbocycles. The lowest BCUT2D eigenvalue weighted by Gasteiger charge is -2.38. The molecule has 0 spiro atoms. The summed E-state index contributed by atoms with van der Waals surface area (Å²) in [5.41, 5.74) is 1.04. The first-order chi connectivity index (χ1) is 20.2. The van der Waals surface area contributed by atoms with Crippen LogP contribution in [0.25, 0.3) is 0 Å². The predicted molar refractivity (Wildman–Crippen MR) is 172 cm³/mol. The first kappa shape index (κ1) is 31.8. The van der Waals surface area contributed by atoms with Crippen LogP contribution < -0.4 is 15.5 Å². The normalized spacial score (nSPS) is 15.1. The van der Waals surface area contributed by atoms with Crippen LogP contribution in [0.3, 0.4) is 0 Å². The number of hydrogen-bond acceptors (Lipinski definition) is 5. The number of phenolic OH excluding ortho intramolecular Hbond substituents is 1. The van der Waals surface area contributed by atoms with Crippen LogP contribution in [0.5, 0.6) is 5.75 Å². The molecule has 0 saturated heterocycles. The molecule has 1 unspecified atom stereocenters. The Morgan fingerprint density at radius 2 is 1.93 bits per heavy atom. The Labute approximate surface area is 257 Å². The maximum atomic E-state index is 15.5. The molecule has 3 N–H and O–H groups in total. The number of amides is 1. The Bertz CT molecular complexity index is 1400. The summed E-state index contributed by atoms with van der Waals surface area (Å²) in [6.45, 7) is 9.18. The number of para-hydroxylation sites is 1. The summed E-state index contributed by atoms with van der Waals surface area (Å²) in [4.78, 5) is 20.2. The molecule has 0 aliphatic heterocycles. The van der Waals surface area contributed by atoms with Gasteiger partial charge in [-0.15, -0.1) is 0 Å². The van der Waals surface area contributed by atoms with Gasteiger partial charge in [0, 0.05) is 29.7 Å². The number of carbonyl (C=O) groups excluding carboxylic acids is 1. The molecule has 224 valence electrons. The van der Waals surface area contributed by atoms with Crippen LogP contribution in [-0.2, 0) is 4.79 Å². The quantitative estimate of drug-likeness (QED) is 0.119. The second-order valence-electron chi connectivity index (χ2n) is 11.0. The van der Waals surface area contributed by atoms with Crippen molar-refractivity contribution in [2.45, 2.75) is 57.4 Å². The van der Waals surface area contributed by atoms with E-state index in [-0.39, 0.29) is 16.7 Å². The van der Waals surface area contributed by atoms with Crippen LogP contribution in [0.15, 0.2) is 65.7 Å². The second-order valence-corrected chi connectivity index (χ2v) is 11.9. The van der Waals surface area contributed by atoms with Crippen LogP contribution in [-0.4, -0.2) is 42.9 Å². The van der Waals surface area contributed by atoms with Crippen molar-refractivity contribution in [1.29, 1.82) is 0 Å². The van der Waals surface area contributed by atoms with Gasteiger partial charge >= 0.3 is 0 Å². The third-order valence-corrected chi connectivity index (χ3v) is 8.65. The molecule has 3 aromatic carbocycles. The van der Waals surface area contributed by atoms with Crippen LogP contribution >= 0.6 is 23.2 Å².